The van der Waals surface area contributed by atoms with Crippen molar-refractivity contribution in [1.29, 1.82) is 0 Å². The number of nitrogens with zero attached hydrogens (tertiary/aromatic N) is 2. The molecule has 0 aromatic heterocycles. The van der Waals surface area contributed by atoms with E-state index in [0.29, 0.717) is 12.2 Å². The molecule has 1 aliphatic carbocycles. The highest BCUT2D eigenvalue weighted by molar-refractivity contribution is 4.92. The van der Waals surface area contributed by atoms with Crippen LogP contribution in [0.1, 0.15) is 52.4 Å². The van der Waals surface area contributed by atoms with Gasteiger partial charge in [-0.05, 0) is 63.8 Å². The molecule has 110 valence electrons. The van der Waals surface area contributed by atoms with E-state index in [0.717, 1.165) is 37.5 Å². The van der Waals surface area contributed by atoms with Crippen molar-refractivity contribution < 1.29 is 4.39 Å². The van der Waals surface area contributed by atoms with Crippen LogP contribution in [0.5, 0.6) is 0 Å². The number of alkyl halides is 1. The summed E-state index contributed by atoms with van der Waals surface area (Å²) in [5, 5.41) is 0. The average molecular weight is 268 g/mol. The van der Waals surface area contributed by atoms with Gasteiger partial charge in [0.15, 0.2) is 0 Å². The first-order valence-corrected chi connectivity index (χ1v) is 8.27. The molecule has 0 N–H and O–H groups in total. The van der Waals surface area contributed by atoms with E-state index < -0.39 is 6.17 Å². The number of fused-ring (bicyclic) bond motifs is 1. The fourth-order valence-electron chi connectivity index (χ4n) is 4.36. The normalized spacial score (nSPS) is 45.3. The van der Waals surface area contributed by atoms with Gasteiger partial charge in [-0.3, -0.25) is 9.80 Å². The standard InChI is InChI=1S/C16H29FN2/c1-12-7-8-18-10-13(2)19(16(18)9-12)11-14-3-5-15(17)6-4-14/h12-16H,3-11H2,1-2H3. The summed E-state index contributed by atoms with van der Waals surface area (Å²) < 4.78 is 13.2. The van der Waals surface area contributed by atoms with Gasteiger partial charge in [-0.25, -0.2) is 4.39 Å². The van der Waals surface area contributed by atoms with Crippen molar-refractivity contribution in [2.24, 2.45) is 11.8 Å². The number of rotatable bonds is 2. The van der Waals surface area contributed by atoms with Crippen LogP contribution >= 0.6 is 0 Å². The largest absolute Gasteiger partial charge is 0.286 e. The SMILES string of the molecule is CC1CCN2CC(C)N(CC3CCC(F)CC3)C2C1. The van der Waals surface area contributed by atoms with E-state index in [4.69, 9.17) is 0 Å². The maximum absolute atomic E-state index is 13.2. The van der Waals surface area contributed by atoms with E-state index in [1.54, 1.807) is 0 Å². The van der Waals surface area contributed by atoms with Gasteiger partial charge in [-0.2, -0.15) is 0 Å². The van der Waals surface area contributed by atoms with Gasteiger partial charge in [0.25, 0.3) is 0 Å². The quantitative estimate of drug-likeness (QED) is 0.758. The molecule has 2 heterocycles. The predicted octanol–water partition coefficient (Wildman–Crippen LogP) is 3.28. The summed E-state index contributed by atoms with van der Waals surface area (Å²) in [4.78, 5) is 5.42. The van der Waals surface area contributed by atoms with Gasteiger partial charge in [-0.15, -0.1) is 0 Å². The maximum Gasteiger partial charge on any atom is 0.100 e. The molecule has 3 rings (SSSR count). The molecule has 3 heteroatoms. The fraction of sp³-hybridized carbons (Fsp3) is 1.00. The Balaban J connectivity index is 1.59. The van der Waals surface area contributed by atoms with Crippen LogP contribution in [0.2, 0.25) is 0 Å². The molecule has 3 unspecified atom stereocenters. The minimum atomic E-state index is -0.515. The summed E-state index contributed by atoms with van der Waals surface area (Å²) in [6.45, 7) is 8.51. The summed E-state index contributed by atoms with van der Waals surface area (Å²) in [7, 11) is 0. The minimum Gasteiger partial charge on any atom is -0.286 e. The molecule has 1 saturated carbocycles. The van der Waals surface area contributed by atoms with Crippen LogP contribution in [-0.4, -0.2) is 47.8 Å². The van der Waals surface area contributed by atoms with Crippen LogP contribution in [0.4, 0.5) is 4.39 Å². The van der Waals surface area contributed by atoms with Crippen LogP contribution < -0.4 is 0 Å². The lowest BCUT2D eigenvalue weighted by atomic mass is 9.87. The molecule has 2 aliphatic heterocycles. The first-order valence-electron chi connectivity index (χ1n) is 8.27. The maximum atomic E-state index is 13.2. The van der Waals surface area contributed by atoms with Crippen molar-refractivity contribution in [1.82, 2.24) is 9.80 Å². The molecule has 0 radical (unpaired) electrons. The first kappa shape index (κ1) is 13.8. The van der Waals surface area contributed by atoms with Crippen LogP contribution in [0, 0.1) is 11.8 Å². The van der Waals surface area contributed by atoms with Crippen molar-refractivity contribution >= 4 is 0 Å². The van der Waals surface area contributed by atoms with Crippen molar-refractivity contribution in [2.45, 2.75) is 70.8 Å². The van der Waals surface area contributed by atoms with Crippen molar-refractivity contribution in [3.05, 3.63) is 0 Å². The third-order valence-corrected chi connectivity index (χ3v) is 5.64. The van der Waals surface area contributed by atoms with Crippen molar-refractivity contribution in [2.75, 3.05) is 19.6 Å². The van der Waals surface area contributed by atoms with E-state index in [1.807, 2.05) is 0 Å². The van der Waals surface area contributed by atoms with Gasteiger partial charge in [-0.1, -0.05) is 6.92 Å². The molecular weight excluding hydrogens is 239 g/mol. The second kappa shape index (κ2) is 5.69. The summed E-state index contributed by atoms with van der Waals surface area (Å²) in [5.41, 5.74) is 0. The average Bonchev–Trinajstić information content (AvgIpc) is 2.69. The first-order chi connectivity index (χ1) is 9.13. The Morgan fingerprint density at radius 1 is 1.05 bits per heavy atom. The summed E-state index contributed by atoms with van der Waals surface area (Å²) in [5.74, 6) is 1.61. The molecule has 0 bridgehead atoms. The highest BCUT2D eigenvalue weighted by atomic mass is 19.1. The monoisotopic (exact) mass is 268 g/mol. The van der Waals surface area contributed by atoms with Crippen molar-refractivity contribution in [3.63, 3.8) is 0 Å². The van der Waals surface area contributed by atoms with Gasteiger partial charge < -0.3 is 0 Å². The number of hydrogen-bond acceptors (Lipinski definition) is 2. The Morgan fingerprint density at radius 2 is 1.79 bits per heavy atom. The Bertz CT molecular complexity index is 301. The van der Waals surface area contributed by atoms with E-state index in [-0.39, 0.29) is 0 Å². The van der Waals surface area contributed by atoms with Crippen molar-refractivity contribution in [3.8, 4) is 0 Å². The smallest absolute Gasteiger partial charge is 0.100 e. The predicted molar refractivity (Wildman–Crippen MR) is 76.8 cm³/mol. The Morgan fingerprint density at radius 3 is 2.53 bits per heavy atom. The number of hydrogen-bond donors (Lipinski definition) is 0. The second-order valence-corrected chi connectivity index (χ2v) is 7.27. The molecule has 0 spiro atoms. The third kappa shape index (κ3) is 2.97. The topological polar surface area (TPSA) is 6.48 Å². The van der Waals surface area contributed by atoms with E-state index in [2.05, 4.69) is 23.6 Å². The summed E-state index contributed by atoms with van der Waals surface area (Å²) in [6.07, 6.45) is 6.68. The lowest BCUT2D eigenvalue weighted by Crippen LogP contribution is -2.46. The van der Waals surface area contributed by atoms with E-state index in [9.17, 15) is 4.39 Å². The van der Waals surface area contributed by atoms with Gasteiger partial charge in [0.05, 0.1) is 6.17 Å². The minimum absolute atomic E-state index is 0.515. The van der Waals surface area contributed by atoms with Gasteiger partial charge in [0.1, 0.15) is 6.17 Å². The van der Waals surface area contributed by atoms with E-state index in [1.165, 1.54) is 32.5 Å². The molecule has 2 nitrogen and oxygen atoms in total. The van der Waals surface area contributed by atoms with Gasteiger partial charge >= 0.3 is 0 Å². The molecule has 0 aromatic rings. The molecule has 3 aliphatic rings. The Kier molecular flexibility index (Phi) is 4.14. The zero-order valence-corrected chi connectivity index (χ0v) is 12.5. The number of halogens is 1. The highest BCUT2D eigenvalue weighted by Gasteiger charge is 2.40. The van der Waals surface area contributed by atoms with Crippen LogP contribution in [-0.2, 0) is 0 Å². The second-order valence-electron chi connectivity index (χ2n) is 7.27. The number of piperidine rings is 1. The van der Waals surface area contributed by atoms with Gasteiger partial charge in [0.2, 0.25) is 0 Å². The molecule has 0 aromatic carbocycles. The lowest BCUT2D eigenvalue weighted by Gasteiger charge is -2.39. The highest BCUT2D eigenvalue weighted by Crippen LogP contribution is 2.34. The van der Waals surface area contributed by atoms with Gasteiger partial charge in [0, 0.05) is 19.1 Å². The van der Waals surface area contributed by atoms with Crippen LogP contribution in [0.3, 0.4) is 0 Å². The zero-order chi connectivity index (χ0) is 13.4. The Hall–Kier alpha value is -0.150. The fourth-order valence-corrected chi connectivity index (χ4v) is 4.36. The lowest BCUT2D eigenvalue weighted by molar-refractivity contribution is 0.0472. The summed E-state index contributed by atoms with van der Waals surface area (Å²) in [6, 6.07) is 0.693. The molecule has 19 heavy (non-hydrogen) atoms. The molecule has 3 fully saturated rings. The molecule has 3 atom stereocenters. The zero-order valence-electron chi connectivity index (χ0n) is 12.5. The Labute approximate surface area is 117 Å². The van der Waals surface area contributed by atoms with Crippen LogP contribution in [0.25, 0.3) is 0 Å². The molecule has 0 amide bonds. The molecule has 2 saturated heterocycles. The summed E-state index contributed by atoms with van der Waals surface area (Å²) >= 11 is 0. The van der Waals surface area contributed by atoms with Crippen LogP contribution in [0.15, 0.2) is 0 Å². The van der Waals surface area contributed by atoms with E-state index >= 15 is 0 Å². The molecular formula is C16H29FN2. The third-order valence-electron chi connectivity index (χ3n) is 5.64.